The summed E-state index contributed by atoms with van der Waals surface area (Å²) in [5.41, 5.74) is 5.42. The quantitative estimate of drug-likeness (QED) is 0.245. The smallest absolute Gasteiger partial charge is 0.411 e. The predicted molar refractivity (Wildman–Crippen MR) is 149 cm³/mol. The van der Waals surface area contributed by atoms with E-state index >= 15 is 0 Å². The normalized spacial score (nSPS) is 11.0. The summed E-state index contributed by atoms with van der Waals surface area (Å²) in [6.07, 6.45) is -0.604. The van der Waals surface area contributed by atoms with Crippen LogP contribution in [0.1, 0.15) is 23.0 Å². The number of esters is 1. The van der Waals surface area contributed by atoms with E-state index in [2.05, 4.69) is 14.1 Å². The van der Waals surface area contributed by atoms with E-state index in [9.17, 15) is 9.59 Å². The van der Waals surface area contributed by atoms with Gasteiger partial charge in [0.2, 0.25) is 0 Å². The van der Waals surface area contributed by atoms with Crippen molar-refractivity contribution < 1.29 is 28.5 Å². The number of benzene rings is 3. The molecule has 0 atom stereocenters. The molecule has 39 heavy (non-hydrogen) atoms. The highest BCUT2D eigenvalue weighted by Crippen LogP contribution is 2.42. The molecule has 0 aliphatic carbocycles. The Balaban J connectivity index is 1.80. The number of hydrogen-bond donors (Lipinski definition) is 1. The number of amides is 1. The molecule has 1 N–H and O–H groups in total. The molecule has 0 saturated heterocycles. The largest absolute Gasteiger partial charge is 0.497 e. The fourth-order valence-electron chi connectivity index (χ4n) is 4.56. The molecule has 0 spiro atoms. The second-order valence-electron chi connectivity index (χ2n) is 8.53. The summed E-state index contributed by atoms with van der Waals surface area (Å²) in [5, 5.41) is 3.42. The van der Waals surface area contributed by atoms with Gasteiger partial charge in [0.15, 0.2) is 0 Å². The first-order chi connectivity index (χ1) is 19.0. The van der Waals surface area contributed by atoms with E-state index in [-0.39, 0.29) is 6.61 Å². The second-order valence-corrected chi connectivity index (χ2v) is 9.06. The molecule has 10 nitrogen and oxygen atoms in total. The third-order valence-electron chi connectivity index (χ3n) is 6.30. The minimum absolute atomic E-state index is 0.200. The molecular formula is C28H26N4O6S. The van der Waals surface area contributed by atoms with Gasteiger partial charge in [0.25, 0.3) is 0 Å². The number of fused-ring (bicyclic) bond motifs is 2. The van der Waals surface area contributed by atoms with Gasteiger partial charge < -0.3 is 23.5 Å². The molecule has 5 aromatic rings. The Kier molecular flexibility index (Phi) is 7.33. The zero-order chi connectivity index (χ0) is 27.5. The summed E-state index contributed by atoms with van der Waals surface area (Å²) in [6, 6.07) is 16.6. The molecule has 0 fully saturated rings. The Labute approximate surface area is 228 Å². The van der Waals surface area contributed by atoms with Crippen LogP contribution in [0.3, 0.4) is 0 Å². The number of hydrogen-bond acceptors (Lipinski definition) is 9. The first-order valence-electron chi connectivity index (χ1n) is 12.1. The summed E-state index contributed by atoms with van der Waals surface area (Å²) in [7, 11) is 4.43. The van der Waals surface area contributed by atoms with Crippen molar-refractivity contribution in [3.05, 3.63) is 65.9 Å². The van der Waals surface area contributed by atoms with Crippen LogP contribution in [0.15, 0.2) is 54.6 Å². The minimum Gasteiger partial charge on any atom is -0.497 e. The number of carbonyl (C=O) groups excluding carboxylic acids is 2. The molecule has 0 saturated carbocycles. The molecule has 2 aromatic heterocycles. The van der Waals surface area contributed by atoms with E-state index in [0.29, 0.717) is 45.9 Å². The van der Waals surface area contributed by atoms with Crippen LogP contribution in [0.4, 0.5) is 10.5 Å². The molecule has 0 bridgehead atoms. The number of aromatic nitrogens is 3. The first-order valence-corrected chi connectivity index (χ1v) is 12.8. The lowest BCUT2D eigenvalue weighted by atomic mass is 10.00. The van der Waals surface area contributed by atoms with Crippen LogP contribution in [-0.4, -0.2) is 53.3 Å². The standard InChI is InChI=1S/C28H26N4O6S/c1-5-38-27(33)26-25(19-9-8-18(35-2)14-24(19)36-3)20-13-17(29-28(34)37-4)7-11-23(20)32(26)15-16-6-10-21-22(12-16)31-39-30-21/h6-14H,5,15H2,1-4H3,(H,29,34). The molecule has 2 heterocycles. The molecule has 3 aromatic carbocycles. The topological polar surface area (TPSA) is 114 Å². The zero-order valence-electron chi connectivity index (χ0n) is 21.8. The van der Waals surface area contributed by atoms with E-state index in [4.69, 9.17) is 18.9 Å². The van der Waals surface area contributed by atoms with Gasteiger partial charge in [-0.25, -0.2) is 9.59 Å². The van der Waals surface area contributed by atoms with Crippen LogP contribution in [0.25, 0.3) is 33.1 Å². The Hall–Kier alpha value is -4.64. The van der Waals surface area contributed by atoms with Crippen molar-refractivity contribution in [2.75, 3.05) is 33.3 Å². The van der Waals surface area contributed by atoms with Gasteiger partial charge in [0.05, 0.1) is 39.7 Å². The number of nitrogens with one attached hydrogen (secondary N) is 1. The molecule has 0 aliphatic heterocycles. The van der Waals surface area contributed by atoms with Crippen molar-refractivity contribution in [2.24, 2.45) is 0 Å². The molecule has 5 rings (SSSR count). The number of nitrogens with zero attached hydrogens (tertiary/aromatic N) is 3. The first kappa shape index (κ1) is 26.0. The van der Waals surface area contributed by atoms with Crippen molar-refractivity contribution in [2.45, 2.75) is 13.5 Å². The molecular weight excluding hydrogens is 520 g/mol. The maximum atomic E-state index is 13.6. The van der Waals surface area contributed by atoms with Crippen LogP contribution >= 0.6 is 11.7 Å². The fourth-order valence-corrected chi connectivity index (χ4v) is 5.08. The Morgan fingerprint density at radius 2 is 1.77 bits per heavy atom. The summed E-state index contributed by atoms with van der Waals surface area (Å²) in [5.74, 6) is 0.635. The summed E-state index contributed by atoms with van der Waals surface area (Å²) >= 11 is 1.15. The van der Waals surface area contributed by atoms with Crippen molar-refractivity contribution in [3.8, 4) is 22.6 Å². The van der Waals surface area contributed by atoms with E-state index in [1.165, 1.54) is 7.11 Å². The van der Waals surface area contributed by atoms with E-state index in [1.54, 1.807) is 45.4 Å². The van der Waals surface area contributed by atoms with Gasteiger partial charge in [-0.15, -0.1) is 0 Å². The molecule has 1 amide bonds. The van der Waals surface area contributed by atoms with Crippen LogP contribution in [-0.2, 0) is 16.0 Å². The molecule has 0 unspecified atom stereocenters. The lowest BCUT2D eigenvalue weighted by Gasteiger charge is -2.14. The number of carbonyl (C=O) groups is 2. The molecule has 0 aliphatic rings. The SMILES string of the molecule is CCOC(=O)c1c(-c2ccc(OC)cc2OC)c2cc(NC(=O)OC)ccc2n1Cc1ccc2nsnc2c1. The summed E-state index contributed by atoms with van der Waals surface area (Å²) in [4.78, 5) is 25.6. The highest BCUT2D eigenvalue weighted by atomic mass is 32.1. The van der Waals surface area contributed by atoms with Crippen molar-refractivity contribution >= 4 is 51.4 Å². The van der Waals surface area contributed by atoms with Gasteiger partial charge in [-0.05, 0) is 55.0 Å². The third-order valence-corrected chi connectivity index (χ3v) is 6.86. The van der Waals surface area contributed by atoms with Crippen LogP contribution in [0, 0.1) is 0 Å². The van der Waals surface area contributed by atoms with Crippen molar-refractivity contribution in [3.63, 3.8) is 0 Å². The number of ether oxygens (including phenoxy) is 4. The highest BCUT2D eigenvalue weighted by molar-refractivity contribution is 7.00. The monoisotopic (exact) mass is 546 g/mol. The summed E-state index contributed by atoms with van der Waals surface area (Å²) < 4.78 is 32.0. The van der Waals surface area contributed by atoms with Crippen LogP contribution in [0.2, 0.25) is 0 Å². The second kappa shape index (κ2) is 11.0. The average molecular weight is 547 g/mol. The van der Waals surface area contributed by atoms with Gasteiger partial charge in [-0.3, -0.25) is 5.32 Å². The van der Waals surface area contributed by atoms with E-state index in [1.807, 2.05) is 34.9 Å². The van der Waals surface area contributed by atoms with Gasteiger partial charge in [-0.2, -0.15) is 8.75 Å². The van der Waals surface area contributed by atoms with Crippen LogP contribution in [0.5, 0.6) is 11.5 Å². The Morgan fingerprint density at radius 3 is 2.51 bits per heavy atom. The van der Waals surface area contributed by atoms with Gasteiger partial charge in [0, 0.05) is 40.3 Å². The van der Waals surface area contributed by atoms with Gasteiger partial charge in [-0.1, -0.05) is 6.07 Å². The minimum atomic E-state index is -0.604. The van der Waals surface area contributed by atoms with Gasteiger partial charge >= 0.3 is 12.1 Å². The van der Waals surface area contributed by atoms with Crippen LogP contribution < -0.4 is 14.8 Å². The maximum absolute atomic E-state index is 13.6. The number of methoxy groups -OCH3 is 3. The molecule has 11 heteroatoms. The molecule has 0 radical (unpaired) electrons. The van der Waals surface area contributed by atoms with Crippen molar-refractivity contribution in [1.29, 1.82) is 0 Å². The number of anilines is 1. The van der Waals surface area contributed by atoms with Crippen molar-refractivity contribution in [1.82, 2.24) is 13.3 Å². The Bertz CT molecular complexity index is 1690. The maximum Gasteiger partial charge on any atom is 0.411 e. The fraction of sp³-hybridized carbons (Fsp3) is 0.214. The summed E-state index contributed by atoms with van der Waals surface area (Å²) in [6.45, 7) is 2.32. The van der Waals surface area contributed by atoms with E-state index in [0.717, 1.165) is 33.8 Å². The predicted octanol–water partition coefficient (Wildman–Crippen LogP) is 5.73. The van der Waals surface area contributed by atoms with Gasteiger partial charge in [0.1, 0.15) is 28.2 Å². The highest BCUT2D eigenvalue weighted by Gasteiger charge is 2.27. The average Bonchev–Trinajstić information content (AvgIpc) is 3.54. The number of rotatable bonds is 8. The Morgan fingerprint density at radius 1 is 0.949 bits per heavy atom. The third kappa shape index (κ3) is 4.96. The van der Waals surface area contributed by atoms with E-state index < -0.39 is 12.1 Å². The zero-order valence-corrected chi connectivity index (χ0v) is 22.6. The molecule has 200 valence electrons. The lowest BCUT2D eigenvalue weighted by molar-refractivity contribution is 0.0516. The lowest BCUT2D eigenvalue weighted by Crippen LogP contribution is -2.14.